The number of nitrogens with one attached hydrogen (secondary N) is 1. The average Bonchev–Trinajstić information content (AvgIpc) is 2.64. The maximum Gasteiger partial charge on any atom is 0.267 e. The lowest BCUT2D eigenvalue weighted by molar-refractivity contribution is 0.102. The Morgan fingerprint density at radius 3 is 2.62 bits per heavy atom. The largest absolute Gasteiger partial charge is 0.492 e. The molecule has 0 saturated carbocycles. The second kappa shape index (κ2) is 7.39. The van der Waals surface area contributed by atoms with Gasteiger partial charge < -0.3 is 14.6 Å². The number of hydrogen-bond acceptors (Lipinski definition) is 4. The SMILES string of the molecule is CC(C)COc1c(C(=O)Nc2ccccn2)c(=O)n(C)c2ccccc12. The third-order valence-corrected chi connectivity index (χ3v) is 3.95. The van der Waals surface area contributed by atoms with Gasteiger partial charge >= 0.3 is 0 Å². The Morgan fingerprint density at radius 1 is 1.19 bits per heavy atom. The first kappa shape index (κ1) is 17.7. The van der Waals surface area contributed by atoms with E-state index < -0.39 is 11.5 Å². The first-order chi connectivity index (χ1) is 12.5. The quantitative estimate of drug-likeness (QED) is 0.766. The Labute approximate surface area is 151 Å². The highest BCUT2D eigenvalue weighted by Gasteiger charge is 2.23. The first-order valence-electron chi connectivity index (χ1n) is 8.46. The van der Waals surface area contributed by atoms with Gasteiger partial charge in [0.25, 0.3) is 11.5 Å². The predicted molar refractivity (Wildman–Crippen MR) is 102 cm³/mol. The van der Waals surface area contributed by atoms with E-state index in [2.05, 4.69) is 10.3 Å². The summed E-state index contributed by atoms with van der Waals surface area (Å²) in [6, 6.07) is 12.6. The molecule has 0 aliphatic heterocycles. The predicted octanol–water partition coefficient (Wildman–Crippen LogP) is 3.22. The third kappa shape index (κ3) is 3.44. The van der Waals surface area contributed by atoms with Gasteiger partial charge in [-0.25, -0.2) is 4.98 Å². The fourth-order valence-corrected chi connectivity index (χ4v) is 2.68. The number of benzene rings is 1. The summed E-state index contributed by atoms with van der Waals surface area (Å²) in [6.07, 6.45) is 1.57. The molecule has 3 aromatic rings. The fourth-order valence-electron chi connectivity index (χ4n) is 2.68. The van der Waals surface area contributed by atoms with Gasteiger partial charge in [-0.3, -0.25) is 9.59 Å². The fraction of sp³-hybridized carbons (Fsp3) is 0.250. The van der Waals surface area contributed by atoms with Crippen molar-refractivity contribution >= 4 is 22.6 Å². The number of carbonyl (C=O) groups excluding carboxylic acids is 1. The van der Waals surface area contributed by atoms with E-state index >= 15 is 0 Å². The minimum absolute atomic E-state index is 0.0162. The zero-order valence-corrected chi connectivity index (χ0v) is 15.0. The van der Waals surface area contributed by atoms with E-state index in [1.54, 1.807) is 31.4 Å². The Balaban J connectivity index is 2.15. The summed E-state index contributed by atoms with van der Waals surface area (Å²) in [5, 5.41) is 3.40. The summed E-state index contributed by atoms with van der Waals surface area (Å²) >= 11 is 0. The number of hydrogen-bond donors (Lipinski definition) is 1. The molecule has 0 unspecified atom stereocenters. The van der Waals surface area contributed by atoms with Crippen LogP contribution in [0.5, 0.6) is 5.75 Å². The molecule has 6 nitrogen and oxygen atoms in total. The lowest BCUT2D eigenvalue weighted by Crippen LogP contribution is -2.29. The van der Waals surface area contributed by atoms with E-state index in [-0.39, 0.29) is 11.5 Å². The van der Waals surface area contributed by atoms with Gasteiger partial charge in [0.2, 0.25) is 0 Å². The molecule has 0 bridgehead atoms. The van der Waals surface area contributed by atoms with E-state index in [0.717, 1.165) is 5.39 Å². The monoisotopic (exact) mass is 351 g/mol. The maximum atomic E-state index is 12.9. The van der Waals surface area contributed by atoms with Crippen LogP contribution in [0.4, 0.5) is 5.82 Å². The van der Waals surface area contributed by atoms with Crippen LogP contribution in [-0.4, -0.2) is 22.1 Å². The zero-order chi connectivity index (χ0) is 18.7. The molecule has 0 fully saturated rings. The minimum atomic E-state index is -0.534. The average molecular weight is 351 g/mol. The van der Waals surface area contributed by atoms with Crippen molar-refractivity contribution in [2.45, 2.75) is 13.8 Å². The number of pyridine rings is 2. The number of nitrogens with zero attached hydrogens (tertiary/aromatic N) is 2. The Hall–Kier alpha value is -3.15. The Bertz CT molecular complexity index is 994. The maximum absolute atomic E-state index is 12.9. The number of para-hydroxylation sites is 1. The van der Waals surface area contributed by atoms with Crippen molar-refractivity contribution in [1.29, 1.82) is 0 Å². The van der Waals surface area contributed by atoms with E-state index in [0.29, 0.717) is 23.7 Å². The number of amides is 1. The Morgan fingerprint density at radius 2 is 1.92 bits per heavy atom. The summed E-state index contributed by atoms with van der Waals surface area (Å²) < 4.78 is 7.38. The molecule has 1 aromatic carbocycles. The molecule has 0 aliphatic carbocycles. The van der Waals surface area contributed by atoms with Gasteiger partial charge in [0.05, 0.1) is 12.1 Å². The summed E-state index contributed by atoms with van der Waals surface area (Å²) in [7, 11) is 1.65. The number of rotatable bonds is 5. The first-order valence-corrected chi connectivity index (χ1v) is 8.46. The van der Waals surface area contributed by atoms with Gasteiger partial charge in [-0.05, 0) is 30.2 Å². The highest BCUT2D eigenvalue weighted by molar-refractivity contribution is 6.08. The van der Waals surface area contributed by atoms with Crippen molar-refractivity contribution in [2.75, 3.05) is 11.9 Å². The molecular weight excluding hydrogens is 330 g/mol. The summed E-state index contributed by atoms with van der Waals surface area (Å²) in [5.74, 6) is 0.409. The van der Waals surface area contributed by atoms with Crippen LogP contribution in [-0.2, 0) is 7.05 Å². The summed E-state index contributed by atoms with van der Waals surface area (Å²) in [6.45, 7) is 4.43. The van der Waals surface area contributed by atoms with Gasteiger partial charge in [-0.15, -0.1) is 0 Å². The zero-order valence-electron chi connectivity index (χ0n) is 15.0. The highest BCUT2D eigenvalue weighted by atomic mass is 16.5. The molecule has 1 N–H and O–H groups in total. The number of fused-ring (bicyclic) bond motifs is 1. The van der Waals surface area contributed by atoms with Crippen molar-refractivity contribution < 1.29 is 9.53 Å². The van der Waals surface area contributed by atoms with E-state index in [1.165, 1.54) is 4.57 Å². The smallest absolute Gasteiger partial charge is 0.267 e. The lowest BCUT2D eigenvalue weighted by atomic mass is 10.1. The molecule has 134 valence electrons. The number of carbonyl (C=O) groups is 1. The number of ether oxygens (including phenoxy) is 1. The molecule has 0 spiro atoms. The van der Waals surface area contributed by atoms with Crippen LogP contribution in [0.25, 0.3) is 10.9 Å². The molecule has 6 heteroatoms. The van der Waals surface area contributed by atoms with Gasteiger partial charge in [-0.2, -0.15) is 0 Å². The number of aromatic nitrogens is 2. The normalized spacial score (nSPS) is 10.9. The van der Waals surface area contributed by atoms with Gasteiger partial charge in [0.15, 0.2) is 0 Å². The standard InChI is InChI=1S/C20H21N3O3/c1-13(2)12-26-18-14-8-4-5-9-15(14)23(3)20(25)17(18)19(24)22-16-10-6-7-11-21-16/h4-11,13H,12H2,1-3H3,(H,21,22,24). The van der Waals surface area contributed by atoms with Crippen molar-refractivity contribution in [2.24, 2.45) is 13.0 Å². The van der Waals surface area contributed by atoms with Crippen LogP contribution in [0.15, 0.2) is 53.5 Å². The van der Waals surface area contributed by atoms with Crippen molar-refractivity contribution in [1.82, 2.24) is 9.55 Å². The van der Waals surface area contributed by atoms with Crippen molar-refractivity contribution in [3.8, 4) is 5.75 Å². The molecule has 2 heterocycles. The molecule has 0 saturated heterocycles. The summed E-state index contributed by atoms with van der Waals surface area (Å²) in [5.41, 5.74) is 0.291. The number of anilines is 1. The van der Waals surface area contributed by atoms with E-state index in [1.807, 2.05) is 38.1 Å². The van der Waals surface area contributed by atoms with Crippen LogP contribution < -0.4 is 15.6 Å². The summed E-state index contributed by atoms with van der Waals surface area (Å²) in [4.78, 5) is 29.8. The van der Waals surface area contributed by atoms with Gasteiger partial charge in [0, 0.05) is 18.6 Å². The molecule has 2 aromatic heterocycles. The second-order valence-electron chi connectivity index (χ2n) is 6.46. The highest BCUT2D eigenvalue weighted by Crippen LogP contribution is 2.28. The molecule has 3 rings (SSSR count). The van der Waals surface area contributed by atoms with Crippen LogP contribution in [0.1, 0.15) is 24.2 Å². The van der Waals surface area contributed by atoms with Crippen LogP contribution in [0.3, 0.4) is 0 Å². The van der Waals surface area contributed by atoms with E-state index in [4.69, 9.17) is 4.74 Å². The Kier molecular flexibility index (Phi) is 5.02. The molecule has 0 radical (unpaired) electrons. The van der Waals surface area contributed by atoms with Crippen molar-refractivity contribution in [3.63, 3.8) is 0 Å². The number of aryl methyl sites for hydroxylation is 1. The molecule has 1 amide bonds. The molecule has 0 atom stereocenters. The van der Waals surface area contributed by atoms with Gasteiger partial charge in [-0.1, -0.05) is 32.0 Å². The second-order valence-corrected chi connectivity index (χ2v) is 6.46. The molecule has 26 heavy (non-hydrogen) atoms. The van der Waals surface area contributed by atoms with Crippen LogP contribution in [0.2, 0.25) is 0 Å². The topological polar surface area (TPSA) is 73.2 Å². The van der Waals surface area contributed by atoms with E-state index in [9.17, 15) is 9.59 Å². The minimum Gasteiger partial charge on any atom is -0.492 e. The van der Waals surface area contributed by atoms with Crippen molar-refractivity contribution in [3.05, 3.63) is 64.6 Å². The lowest BCUT2D eigenvalue weighted by Gasteiger charge is -2.17. The molecule has 0 aliphatic rings. The molecular formula is C20H21N3O3. The van der Waals surface area contributed by atoms with Crippen LogP contribution >= 0.6 is 0 Å². The third-order valence-electron chi connectivity index (χ3n) is 3.95. The van der Waals surface area contributed by atoms with Crippen LogP contribution in [0, 0.1) is 5.92 Å². The van der Waals surface area contributed by atoms with Gasteiger partial charge in [0.1, 0.15) is 17.1 Å².